The third kappa shape index (κ3) is 3.67. The van der Waals surface area contributed by atoms with Crippen LogP contribution in [0.25, 0.3) is 17.0 Å². The van der Waals surface area contributed by atoms with Gasteiger partial charge in [0, 0.05) is 35.2 Å². The Hall–Kier alpha value is -3.72. The molecule has 1 aromatic heterocycles. The number of fused-ring (bicyclic) bond motifs is 2. The lowest BCUT2D eigenvalue weighted by atomic mass is 10.1. The molecule has 4 rings (SSSR count). The number of benzene rings is 2. The van der Waals surface area contributed by atoms with Crippen molar-refractivity contribution in [3.8, 4) is 17.6 Å². The fraction of sp³-hybridized carbons (Fsp3) is 0.217. The molecule has 1 aliphatic heterocycles. The van der Waals surface area contributed by atoms with Crippen LogP contribution in [0.15, 0.2) is 54.2 Å². The van der Waals surface area contributed by atoms with Gasteiger partial charge in [0.05, 0.1) is 0 Å². The van der Waals surface area contributed by atoms with Crippen molar-refractivity contribution < 1.29 is 14.3 Å². The van der Waals surface area contributed by atoms with Crippen molar-refractivity contribution in [2.45, 2.75) is 26.4 Å². The Labute approximate surface area is 169 Å². The first-order valence-electron chi connectivity index (χ1n) is 9.45. The van der Waals surface area contributed by atoms with Crippen LogP contribution in [0.2, 0.25) is 0 Å². The molecule has 0 saturated heterocycles. The van der Waals surface area contributed by atoms with Gasteiger partial charge in [-0.25, -0.2) is 0 Å². The number of para-hydroxylation sites is 1. The molecule has 1 N–H and O–H groups in total. The van der Waals surface area contributed by atoms with Gasteiger partial charge in [0.15, 0.2) is 11.5 Å². The second-order valence-corrected chi connectivity index (χ2v) is 7.14. The topological polar surface area (TPSA) is 76.3 Å². The van der Waals surface area contributed by atoms with Crippen molar-refractivity contribution in [2.75, 3.05) is 6.79 Å². The highest BCUT2D eigenvalue weighted by molar-refractivity contribution is 6.04. The number of hydrogen-bond donors (Lipinski definition) is 1. The average Bonchev–Trinajstić information content (AvgIpc) is 3.34. The van der Waals surface area contributed by atoms with Crippen LogP contribution in [0, 0.1) is 11.3 Å². The third-order valence-electron chi connectivity index (χ3n) is 4.88. The molecule has 0 aliphatic carbocycles. The summed E-state index contributed by atoms with van der Waals surface area (Å²) in [6.45, 7) is 4.70. The summed E-state index contributed by atoms with van der Waals surface area (Å²) < 4.78 is 12.8. The zero-order valence-corrected chi connectivity index (χ0v) is 16.3. The number of amides is 1. The van der Waals surface area contributed by atoms with Gasteiger partial charge in [0.2, 0.25) is 6.79 Å². The van der Waals surface area contributed by atoms with Crippen molar-refractivity contribution in [3.63, 3.8) is 0 Å². The molecule has 6 nitrogen and oxygen atoms in total. The number of hydrogen-bond acceptors (Lipinski definition) is 4. The lowest BCUT2D eigenvalue weighted by Gasteiger charge is -2.08. The van der Waals surface area contributed by atoms with E-state index in [1.807, 2.05) is 54.7 Å². The van der Waals surface area contributed by atoms with E-state index in [2.05, 4.69) is 23.7 Å². The zero-order chi connectivity index (χ0) is 20.4. The summed E-state index contributed by atoms with van der Waals surface area (Å²) in [5.41, 5.74) is 2.87. The number of nitrogens with zero attached hydrogens (tertiary/aromatic N) is 2. The van der Waals surface area contributed by atoms with Crippen molar-refractivity contribution >= 4 is 22.9 Å². The standard InChI is InChI=1S/C23H21N3O3/c1-15(2)26-13-18(19-5-3-4-6-20(19)26)10-17(11-24)23(27)25-12-16-7-8-21-22(9-16)29-14-28-21/h3-10,13,15H,12,14H2,1-2H3,(H,25,27)/b17-10-. The number of nitriles is 1. The molecule has 29 heavy (non-hydrogen) atoms. The number of aromatic nitrogens is 1. The van der Waals surface area contributed by atoms with Crippen LogP contribution in [-0.2, 0) is 11.3 Å². The van der Waals surface area contributed by atoms with E-state index in [4.69, 9.17) is 9.47 Å². The van der Waals surface area contributed by atoms with Crippen molar-refractivity contribution in [2.24, 2.45) is 0 Å². The van der Waals surface area contributed by atoms with Crippen LogP contribution in [0.1, 0.15) is 31.0 Å². The molecule has 0 bridgehead atoms. The molecule has 3 aromatic rings. The van der Waals surface area contributed by atoms with Crippen molar-refractivity contribution in [1.82, 2.24) is 9.88 Å². The average molecular weight is 387 g/mol. The van der Waals surface area contributed by atoms with Gasteiger partial charge in [-0.1, -0.05) is 24.3 Å². The van der Waals surface area contributed by atoms with Crippen LogP contribution < -0.4 is 14.8 Å². The lowest BCUT2D eigenvalue weighted by molar-refractivity contribution is -0.117. The maximum absolute atomic E-state index is 12.6. The smallest absolute Gasteiger partial charge is 0.262 e. The molecule has 0 unspecified atom stereocenters. The van der Waals surface area contributed by atoms with Crippen LogP contribution in [0.3, 0.4) is 0 Å². The zero-order valence-electron chi connectivity index (χ0n) is 16.3. The van der Waals surface area contributed by atoms with Crippen LogP contribution >= 0.6 is 0 Å². The Morgan fingerprint density at radius 2 is 2.03 bits per heavy atom. The molecule has 0 atom stereocenters. The van der Waals surface area contributed by atoms with Gasteiger partial charge in [-0.05, 0) is 43.7 Å². The quantitative estimate of drug-likeness (QED) is 0.526. The summed E-state index contributed by atoms with van der Waals surface area (Å²) in [4.78, 5) is 12.6. The second kappa shape index (κ2) is 7.72. The number of rotatable bonds is 5. The molecule has 146 valence electrons. The first-order chi connectivity index (χ1) is 14.1. The Morgan fingerprint density at radius 1 is 1.24 bits per heavy atom. The van der Waals surface area contributed by atoms with E-state index in [0.717, 1.165) is 22.0 Å². The number of carbonyl (C=O) groups is 1. The Balaban J connectivity index is 1.56. The lowest BCUT2D eigenvalue weighted by Crippen LogP contribution is -2.23. The van der Waals surface area contributed by atoms with Crippen molar-refractivity contribution in [1.29, 1.82) is 5.26 Å². The van der Waals surface area contributed by atoms with Gasteiger partial charge in [-0.3, -0.25) is 4.79 Å². The molecule has 2 heterocycles. The van der Waals surface area contributed by atoms with E-state index in [0.29, 0.717) is 18.0 Å². The monoisotopic (exact) mass is 387 g/mol. The fourth-order valence-corrected chi connectivity index (χ4v) is 3.41. The van der Waals surface area contributed by atoms with E-state index >= 15 is 0 Å². The van der Waals surface area contributed by atoms with Gasteiger partial charge < -0.3 is 19.4 Å². The molecular formula is C23H21N3O3. The highest BCUT2D eigenvalue weighted by Crippen LogP contribution is 2.32. The first kappa shape index (κ1) is 18.6. The minimum Gasteiger partial charge on any atom is -0.454 e. The first-order valence-corrected chi connectivity index (χ1v) is 9.45. The summed E-state index contributed by atoms with van der Waals surface area (Å²) in [5, 5.41) is 13.4. The summed E-state index contributed by atoms with van der Waals surface area (Å²) >= 11 is 0. The van der Waals surface area contributed by atoms with E-state index in [1.165, 1.54) is 0 Å². The number of nitrogens with one attached hydrogen (secondary N) is 1. The second-order valence-electron chi connectivity index (χ2n) is 7.14. The van der Waals surface area contributed by atoms with Gasteiger partial charge in [-0.2, -0.15) is 5.26 Å². The molecule has 1 amide bonds. The van der Waals surface area contributed by atoms with Gasteiger partial charge in [0.25, 0.3) is 5.91 Å². The maximum atomic E-state index is 12.6. The predicted molar refractivity (Wildman–Crippen MR) is 110 cm³/mol. The highest BCUT2D eigenvalue weighted by atomic mass is 16.7. The molecule has 1 aliphatic rings. The Bertz CT molecular complexity index is 1150. The summed E-state index contributed by atoms with van der Waals surface area (Å²) in [7, 11) is 0. The number of carbonyl (C=O) groups excluding carboxylic acids is 1. The Morgan fingerprint density at radius 3 is 2.83 bits per heavy atom. The van der Waals surface area contributed by atoms with Gasteiger partial charge >= 0.3 is 0 Å². The van der Waals surface area contributed by atoms with Gasteiger partial charge in [0.1, 0.15) is 11.6 Å². The minimum absolute atomic E-state index is 0.0670. The molecule has 6 heteroatoms. The summed E-state index contributed by atoms with van der Waals surface area (Å²) in [6, 6.07) is 15.8. The Kier molecular flexibility index (Phi) is 4.96. The van der Waals surface area contributed by atoms with Crippen LogP contribution in [-0.4, -0.2) is 17.3 Å². The normalized spacial score (nSPS) is 13.0. The van der Waals surface area contributed by atoms with Gasteiger partial charge in [-0.15, -0.1) is 0 Å². The fourth-order valence-electron chi connectivity index (χ4n) is 3.41. The minimum atomic E-state index is -0.411. The SMILES string of the molecule is CC(C)n1cc(/C=C(/C#N)C(=O)NCc2ccc3c(c2)OCO3)c2ccccc21. The van der Waals surface area contributed by atoms with E-state index in [1.54, 1.807) is 6.08 Å². The maximum Gasteiger partial charge on any atom is 0.262 e. The molecule has 0 saturated carbocycles. The highest BCUT2D eigenvalue weighted by Gasteiger charge is 2.15. The van der Waals surface area contributed by atoms with E-state index in [-0.39, 0.29) is 18.4 Å². The van der Waals surface area contributed by atoms with E-state index < -0.39 is 5.91 Å². The van der Waals surface area contributed by atoms with Crippen LogP contribution in [0.4, 0.5) is 0 Å². The molecule has 0 radical (unpaired) electrons. The van der Waals surface area contributed by atoms with Crippen molar-refractivity contribution in [3.05, 3.63) is 65.4 Å². The summed E-state index contributed by atoms with van der Waals surface area (Å²) in [5.74, 6) is 0.945. The van der Waals surface area contributed by atoms with E-state index in [9.17, 15) is 10.1 Å². The molecule has 0 spiro atoms. The molecular weight excluding hydrogens is 366 g/mol. The number of ether oxygens (including phenoxy) is 2. The van der Waals surface area contributed by atoms with Crippen LogP contribution in [0.5, 0.6) is 11.5 Å². The molecule has 0 fully saturated rings. The third-order valence-corrected chi connectivity index (χ3v) is 4.88. The largest absolute Gasteiger partial charge is 0.454 e. The predicted octanol–water partition coefficient (Wildman–Crippen LogP) is 4.17. The molecule has 2 aromatic carbocycles. The summed E-state index contributed by atoms with van der Waals surface area (Å²) in [6.07, 6.45) is 3.63.